The van der Waals surface area contributed by atoms with Gasteiger partial charge in [0.15, 0.2) is 6.10 Å². The van der Waals surface area contributed by atoms with Crippen molar-refractivity contribution in [3.63, 3.8) is 0 Å². The minimum atomic E-state index is -0.864. The van der Waals surface area contributed by atoms with Crippen LogP contribution >= 0.6 is 0 Å². The molecular formula is C17H17NO4. The zero-order chi connectivity index (χ0) is 15.7. The van der Waals surface area contributed by atoms with E-state index in [1.165, 1.54) is 17.2 Å². The Morgan fingerprint density at radius 2 is 2.00 bits per heavy atom. The Morgan fingerprint density at radius 3 is 2.73 bits per heavy atom. The highest BCUT2D eigenvalue weighted by Gasteiger charge is 2.23. The summed E-state index contributed by atoms with van der Waals surface area (Å²) in [7, 11) is 0. The van der Waals surface area contributed by atoms with Gasteiger partial charge in [0.25, 0.3) is 0 Å². The zero-order valence-electron chi connectivity index (χ0n) is 12.6. The molecule has 0 fully saturated rings. The zero-order valence-corrected chi connectivity index (χ0v) is 12.6. The van der Waals surface area contributed by atoms with Gasteiger partial charge in [-0.25, -0.2) is 4.79 Å². The molecule has 22 heavy (non-hydrogen) atoms. The molecule has 5 nitrogen and oxygen atoms in total. The average Bonchev–Trinajstić information content (AvgIpc) is 3.13. The van der Waals surface area contributed by atoms with Crippen LogP contribution in [0.3, 0.4) is 0 Å². The molecule has 0 spiro atoms. The molecule has 0 N–H and O–H groups in total. The summed E-state index contributed by atoms with van der Waals surface area (Å²) in [5, 5.41) is 3.63. The lowest BCUT2D eigenvalue weighted by molar-refractivity contribution is 0.0281. The van der Waals surface area contributed by atoms with Gasteiger partial charge in [-0.05, 0) is 50.3 Å². The lowest BCUT2D eigenvalue weighted by atomic mass is 10.0. The first-order valence-corrected chi connectivity index (χ1v) is 7.35. The molecule has 1 aromatic carbocycles. The van der Waals surface area contributed by atoms with Crippen LogP contribution in [-0.2, 0) is 17.6 Å². The molecule has 0 aliphatic heterocycles. The van der Waals surface area contributed by atoms with E-state index in [2.05, 4.69) is 5.16 Å². The Kier molecular flexibility index (Phi) is 3.79. The Balaban J connectivity index is 1.70. The maximum absolute atomic E-state index is 12.4. The molecule has 2 aromatic rings. The third kappa shape index (κ3) is 2.79. The third-order valence-corrected chi connectivity index (χ3v) is 3.87. The normalized spacial score (nSPS) is 14.5. The molecule has 114 valence electrons. The Labute approximate surface area is 128 Å². The van der Waals surface area contributed by atoms with Crippen molar-refractivity contribution >= 4 is 11.8 Å². The van der Waals surface area contributed by atoms with Gasteiger partial charge in [0.2, 0.25) is 11.5 Å². The van der Waals surface area contributed by atoms with E-state index in [1.54, 1.807) is 19.9 Å². The fourth-order valence-electron chi connectivity index (χ4n) is 2.69. The number of benzene rings is 1. The van der Waals surface area contributed by atoms with Gasteiger partial charge in [-0.1, -0.05) is 17.3 Å². The van der Waals surface area contributed by atoms with Crippen LogP contribution in [0.15, 0.2) is 28.8 Å². The fourth-order valence-corrected chi connectivity index (χ4v) is 2.69. The first-order valence-electron chi connectivity index (χ1n) is 7.35. The second-order valence-corrected chi connectivity index (χ2v) is 5.58. The molecule has 3 rings (SSSR count). The molecule has 1 aromatic heterocycles. The van der Waals surface area contributed by atoms with Crippen molar-refractivity contribution in [2.45, 2.75) is 39.2 Å². The van der Waals surface area contributed by atoms with Crippen LogP contribution in [0.1, 0.15) is 51.1 Å². The number of Topliss-reactive ketones (excluding diaryl/α,β-unsaturated/α-hetero) is 1. The largest absolute Gasteiger partial charge is 0.448 e. The Morgan fingerprint density at radius 1 is 1.23 bits per heavy atom. The number of carbonyl (C=O) groups is 2. The maximum atomic E-state index is 12.4. The summed E-state index contributed by atoms with van der Waals surface area (Å²) in [6.45, 7) is 3.27. The molecule has 0 bridgehead atoms. The standard InChI is InChI=1S/C17H17NO4/c1-10-8-15(22-18-10)17(20)21-11(2)16(19)14-7-6-12-4-3-5-13(12)9-14/h6-9,11H,3-5H2,1-2H3/t11-/m1/s1. The van der Waals surface area contributed by atoms with Gasteiger partial charge in [0, 0.05) is 11.6 Å². The topological polar surface area (TPSA) is 69.4 Å². The summed E-state index contributed by atoms with van der Waals surface area (Å²) >= 11 is 0. The number of hydrogen-bond donors (Lipinski definition) is 0. The van der Waals surface area contributed by atoms with Gasteiger partial charge >= 0.3 is 5.97 Å². The number of ketones is 1. The summed E-state index contributed by atoms with van der Waals surface area (Å²) in [5.74, 6) is -0.881. The average molecular weight is 299 g/mol. The second kappa shape index (κ2) is 5.75. The lowest BCUT2D eigenvalue weighted by Gasteiger charge is -2.12. The molecule has 1 aliphatic carbocycles. The van der Waals surface area contributed by atoms with Gasteiger partial charge in [-0.2, -0.15) is 0 Å². The number of fused-ring (bicyclic) bond motifs is 1. The highest BCUT2D eigenvalue weighted by Crippen LogP contribution is 2.23. The van der Waals surface area contributed by atoms with Crippen LogP contribution in [0.5, 0.6) is 0 Å². The fraction of sp³-hybridized carbons (Fsp3) is 0.353. The van der Waals surface area contributed by atoms with Crippen molar-refractivity contribution in [2.75, 3.05) is 0 Å². The van der Waals surface area contributed by atoms with Crippen LogP contribution in [0.2, 0.25) is 0 Å². The summed E-state index contributed by atoms with van der Waals surface area (Å²) in [4.78, 5) is 24.3. The highest BCUT2D eigenvalue weighted by molar-refractivity contribution is 6.01. The number of hydrogen-bond acceptors (Lipinski definition) is 5. The molecule has 0 saturated carbocycles. The Hall–Kier alpha value is -2.43. The number of ether oxygens (including phenoxy) is 1. The number of aryl methyl sites for hydroxylation is 3. The van der Waals surface area contributed by atoms with Gasteiger partial charge in [0.05, 0.1) is 5.69 Å². The van der Waals surface area contributed by atoms with Crippen molar-refractivity contribution < 1.29 is 18.8 Å². The predicted octanol–water partition coefficient (Wildman–Crippen LogP) is 2.90. The monoisotopic (exact) mass is 299 g/mol. The second-order valence-electron chi connectivity index (χ2n) is 5.58. The van der Waals surface area contributed by atoms with Crippen molar-refractivity contribution in [3.8, 4) is 0 Å². The van der Waals surface area contributed by atoms with E-state index in [0.717, 1.165) is 19.3 Å². The van der Waals surface area contributed by atoms with E-state index in [1.807, 2.05) is 12.1 Å². The predicted molar refractivity (Wildman–Crippen MR) is 78.9 cm³/mol. The van der Waals surface area contributed by atoms with E-state index in [9.17, 15) is 9.59 Å². The van der Waals surface area contributed by atoms with Crippen molar-refractivity contribution in [2.24, 2.45) is 0 Å². The molecular weight excluding hydrogens is 282 g/mol. The Bertz CT molecular complexity index is 732. The van der Waals surface area contributed by atoms with Gasteiger partial charge in [-0.15, -0.1) is 0 Å². The first-order chi connectivity index (χ1) is 10.5. The van der Waals surface area contributed by atoms with Crippen molar-refractivity contribution in [3.05, 3.63) is 52.4 Å². The molecule has 5 heteroatoms. The molecule has 1 aliphatic rings. The molecule has 1 atom stereocenters. The van der Waals surface area contributed by atoms with E-state index < -0.39 is 12.1 Å². The number of nitrogens with zero attached hydrogens (tertiary/aromatic N) is 1. The molecule has 0 unspecified atom stereocenters. The van der Waals surface area contributed by atoms with Crippen LogP contribution in [0, 0.1) is 6.92 Å². The maximum Gasteiger partial charge on any atom is 0.377 e. The third-order valence-electron chi connectivity index (χ3n) is 3.87. The summed E-state index contributed by atoms with van der Waals surface area (Å²) in [6.07, 6.45) is 2.33. The van der Waals surface area contributed by atoms with Gasteiger partial charge < -0.3 is 9.26 Å². The van der Waals surface area contributed by atoms with Crippen molar-refractivity contribution in [1.29, 1.82) is 0 Å². The van der Waals surface area contributed by atoms with Gasteiger partial charge in [-0.3, -0.25) is 4.79 Å². The SMILES string of the molecule is Cc1cc(C(=O)O[C@H](C)C(=O)c2ccc3c(c2)CCC3)on1. The van der Waals surface area contributed by atoms with Crippen LogP contribution in [0.4, 0.5) is 0 Å². The lowest BCUT2D eigenvalue weighted by Crippen LogP contribution is -2.24. The summed E-state index contributed by atoms with van der Waals surface area (Å²) in [5.41, 5.74) is 3.69. The molecule has 0 amide bonds. The van der Waals surface area contributed by atoms with E-state index in [-0.39, 0.29) is 11.5 Å². The van der Waals surface area contributed by atoms with E-state index in [0.29, 0.717) is 11.3 Å². The minimum Gasteiger partial charge on any atom is -0.448 e. The van der Waals surface area contributed by atoms with E-state index in [4.69, 9.17) is 9.26 Å². The first kappa shape index (κ1) is 14.5. The number of aromatic nitrogens is 1. The number of carbonyl (C=O) groups excluding carboxylic acids is 2. The smallest absolute Gasteiger partial charge is 0.377 e. The quantitative estimate of drug-likeness (QED) is 0.641. The minimum absolute atomic E-state index is 0.00565. The summed E-state index contributed by atoms with van der Waals surface area (Å²) < 4.78 is 10.0. The molecule has 1 heterocycles. The number of esters is 1. The van der Waals surface area contributed by atoms with Crippen molar-refractivity contribution in [1.82, 2.24) is 5.16 Å². The van der Waals surface area contributed by atoms with E-state index >= 15 is 0 Å². The number of rotatable bonds is 4. The molecule has 0 saturated heterocycles. The van der Waals surface area contributed by atoms with Crippen LogP contribution < -0.4 is 0 Å². The summed E-state index contributed by atoms with van der Waals surface area (Å²) in [6, 6.07) is 7.18. The highest BCUT2D eigenvalue weighted by atomic mass is 16.6. The van der Waals surface area contributed by atoms with Crippen LogP contribution in [-0.4, -0.2) is 23.0 Å². The van der Waals surface area contributed by atoms with Crippen LogP contribution in [0.25, 0.3) is 0 Å². The van der Waals surface area contributed by atoms with Gasteiger partial charge in [0.1, 0.15) is 0 Å². The molecule has 0 radical (unpaired) electrons.